The van der Waals surface area contributed by atoms with Crippen LogP contribution in [0.2, 0.25) is 0 Å². The number of aromatic nitrogens is 2. The Kier molecular flexibility index (Phi) is 9.97. The highest BCUT2D eigenvalue weighted by Crippen LogP contribution is 2.40. The van der Waals surface area contributed by atoms with E-state index in [9.17, 15) is 8.42 Å². The van der Waals surface area contributed by atoms with Crippen LogP contribution < -0.4 is 29.3 Å². The van der Waals surface area contributed by atoms with E-state index in [0.29, 0.717) is 63.6 Å². The van der Waals surface area contributed by atoms with Crippen molar-refractivity contribution in [2.75, 3.05) is 93.2 Å². The lowest BCUT2D eigenvalue weighted by atomic mass is 10.0. The SMILES string of the molecule is COc1cc(N2CCC(N3CCCN(C)CC3)CC2)c(F)cc1Nc1ncc(Br)c(Nc2cc3c(cc2N(C)S(C)(=O)=O)CCO3)n1. The van der Waals surface area contributed by atoms with Crippen LogP contribution in [0.15, 0.2) is 34.9 Å². The van der Waals surface area contributed by atoms with Crippen LogP contribution in [0.25, 0.3) is 0 Å². The summed E-state index contributed by atoms with van der Waals surface area (Å²) in [5, 5.41) is 6.34. The lowest BCUT2D eigenvalue weighted by molar-refractivity contribution is 0.174. The fourth-order valence-electron chi connectivity index (χ4n) is 6.47. The molecule has 4 heterocycles. The third-order valence-corrected chi connectivity index (χ3v) is 11.0. The number of sulfonamides is 1. The van der Waals surface area contributed by atoms with E-state index in [0.717, 1.165) is 63.9 Å². The van der Waals surface area contributed by atoms with Gasteiger partial charge in [-0.3, -0.25) is 9.21 Å². The maximum Gasteiger partial charge on any atom is 0.232 e. The minimum absolute atomic E-state index is 0.195. The molecule has 2 saturated heterocycles. The summed E-state index contributed by atoms with van der Waals surface area (Å²) in [6.45, 7) is 6.51. The van der Waals surface area contributed by atoms with Gasteiger partial charge in [-0.1, -0.05) is 0 Å². The number of hydrogen-bond donors (Lipinski definition) is 2. The summed E-state index contributed by atoms with van der Waals surface area (Å²) in [6, 6.07) is 7.25. The van der Waals surface area contributed by atoms with E-state index >= 15 is 4.39 Å². The molecule has 3 aliphatic rings. The number of benzene rings is 2. The molecular weight excluding hydrogens is 691 g/mol. The van der Waals surface area contributed by atoms with E-state index in [1.807, 2.05) is 6.07 Å². The second kappa shape index (κ2) is 14.0. The summed E-state index contributed by atoms with van der Waals surface area (Å²) in [7, 11) is 1.69. The normalized spacial score (nSPS) is 18.0. The maximum atomic E-state index is 15.7. The predicted molar refractivity (Wildman–Crippen MR) is 187 cm³/mol. The quantitative estimate of drug-likeness (QED) is 0.316. The number of halogens is 2. The van der Waals surface area contributed by atoms with Crippen LogP contribution in [0, 0.1) is 5.82 Å². The van der Waals surface area contributed by atoms with Gasteiger partial charge in [-0.2, -0.15) is 4.98 Å². The summed E-state index contributed by atoms with van der Waals surface area (Å²) >= 11 is 3.49. The average molecular weight is 734 g/mol. The van der Waals surface area contributed by atoms with Crippen molar-refractivity contribution in [3.8, 4) is 11.5 Å². The monoisotopic (exact) mass is 732 g/mol. The van der Waals surface area contributed by atoms with Crippen molar-refractivity contribution in [1.82, 2.24) is 19.8 Å². The molecule has 15 heteroatoms. The smallest absolute Gasteiger partial charge is 0.232 e. The van der Waals surface area contributed by atoms with Gasteiger partial charge in [-0.15, -0.1) is 0 Å². The standard InChI is InChI=1S/C32H42BrFN8O4S/c1-39-9-5-10-41(14-13-39)22-6-11-42(12-7-22)27-19-30(45-3)26(17-24(27)34)37-32-35-20-23(33)31(38-32)36-25-18-29-21(8-15-46-29)16-28(25)40(2)47(4,43)44/h16-20,22H,5-15H2,1-4H3,(H2,35,36,37,38). The zero-order valence-electron chi connectivity index (χ0n) is 27.2. The average Bonchev–Trinajstić information content (AvgIpc) is 3.39. The molecule has 2 fully saturated rings. The summed E-state index contributed by atoms with van der Waals surface area (Å²) in [5.74, 6) is 1.36. The number of rotatable bonds is 9. The van der Waals surface area contributed by atoms with Crippen LogP contribution in [0.5, 0.6) is 11.5 Å². The number of methoxy groups -OCH3 is 1. The minimum Gasteiger partial charge on any atom is -0.494 e. The largest absolute Gasteiger partial charge is 0.494 e. The second-order valence-corrected chi connectivity index (χ2v) is 15.2. The van der Waals surface area contributed by atoms with Crippen molar-refractivity contribution in [3.63, 3.8) is 0 Å². The summed E-state index contributed by atoms with van der Waals surface area (Å²) < 4.78 is 53.8. The van der Waals surface area contributed by atoms with Crippen LogP contribution in [-0.2, 0) is 16.4 Å². The van der Waals surface area contributed by atoms with E-state index in [4.69, 9.17) is 9.47 Å². The predicted octanol–water partition coefficient (Wildman–Crippen LogP) is 4.81. The third-order valence-electron chi connectivity index (χ3n) is 9.23. The van der Waals surface area contributed by atoms with Crippen molar-refractivity contribution >= 4 is 60.5 Å². The zero-order chi connectivity index (χ0) is 33.3. The Morgan fingerprint density at radius 3 is 2.60 bits per heavy atom. The zero-order valence-corrected chi connectivity index (χ0v) is 29.6. The Bertz CT molecular complexity index is 1720. The summed E-state index contributed by atoms with van der Waals surface area (Å²) in [6.07, 6.45) is 6.57. The third kappa shape index (κ3) is 7.53. The topological polar surface area (TPSA) is 115 Å². The van der Waals surface area contributed by atoms with Gasteiger partial charge in [-0.05, 0) is 67.0 Å². The molecule has 3 aliphatic heterocycles. The molecule has 2 N–H and O–H groups in total. The van der Waals surface area contributed by atoms with Crippen molar-refractivity contribution in [2.24, 2.45) is 0 Å². The van der Waals surface area contributed by atoms with Crippen molar-refractivity contribution in [1.29, 1.82) is 0 Å². The van der Waals surface area contributed by atoms with Gasteiger partial charge in [0.25, 0.3) is 0 Å². The highest BCUT2D eigenvalue weighted by molar-refractivity contribution is 9.10. The first kappa shape index (κ1) is 33.5. The number of ether oxygens (including phenoxy) is 2. The number of likely N-dealkylation sites (N-methyl/N-ethyl adjacent to an activating group) is 1. The molecule has 0 atom stereocenters. The summed E-state index contributed by atoms with van der Waals surface area (Å²) in [4.78, 5) is 16.1. The molecule has 47 heavy (non-hydrogen) atoms. The molecule has 12 nitrogen and oxygen atoms in total. The van der Waals surface area contributed by atoms with Crippen molar-refractivity contribution in [3.05, 3.63) is 46.3 Å². The Morgan fingerprint density at radius 2 is 1.85 bits per heavy atom. The first-order valence-corrected chi connectivity index (χ1v) is 18.5. The molecule has 0 saturated carbocycles. The molecule has 0 unspecified atom stereocenters. The van der Waals surface area contributed by atoms with E-state index < -0.39 is 10.0 Å². The molecular formula is C32H42BrFN8O4S. The number of fused-ring (bicyclic) bond motifs is 1. The van der Waals surface area contributed by atoms with E-state index in [1.165, 1.54) is 23.8 Å². The van der Waals surface area contributed by atoms with Crippen molar-refractivity contribution in [2.45, 2.75) is 31.7 Å². The molecule has 0 radical (unpaired) electrons. The number of anilines is 6. The molecule has 1 aromatic heterocycles. The molecule has 0 spiro atoms. The number of nitrogens with one attached hydrogen (secondary N) is 2. The van der Waals surface area contributed by atoms with Gasteiger partial charge >= 0.3 is 0 Å². The fraction of sp³-hybridized carbons (Fsp3) is 0.500. The van der Waals surface area contributed by atoms with E-state index in [2.05, 4.69) is 58.3 Å². The Hall–Kier alpha value is -3.40. The number of hydrogen-bond acceptors (Lipinski definition) is 11. The first-order chi connectivity index (χ1) is 22.5. The maximum absolute atomic E-state index is 15.7. The Labute approximate surface area is 284 Å². The van der Waals surface area contributed by atoms with Crippen LogP contribution in [0.3, 0.4) is 0 Å². The first-order valence-electron chi connectivity index (χ1n) is 15.9. The van der Waals surface area contributed by atoms with Crippen LogP contribution in [-0.4, -0.2) is 108 Å². The molecule has 0 amide bonds. The molecule has 6 rings (SSSR count). The van der Waals surface area contributed by atoms with Gasteiger partial charge in [-0.25, -0.2) is 17.8 Å². The van der Waals surface area contributed by atoms with Crippen LogP contribution in [0.1, 0.15) is 24.8 Å². The highest BCUT2D eigenvalue weighted by Gasteiger charge is 2.28. The second-order valence-electron chi connectivity index (χ2n) is 12.4. The minimum atomic E-state index is -3.54. The fourth-order valence-corrected chi connectivity index (χ4v) is 7.27. The van der Waals surface area contributed by atoms with Crippen molar-refractivity contribution < 1.29 is 22.3 Å². The van der Waals surface area contributed by atoms with Gasteiger partial charge in [0.2, 0.25) is 16.0 Å². The van der Waals surface area contributed by atoms with Gasteiger partial charge in [0.05, 0.1) is 47.2 Å². The van der Waals surface area contributed by atoms with Crippen LogP contribution >= 0.6 is 15.9 Å². The molecule has 0 bridgehead atoms. The van der Waals surface area contributed by atoms with Gasteiger partial charge in [0.15, 0.2) is 0 Å². The highest BCUT2D eigenvalue weighted by atomic mass is 79.9. The molecule has 0 aliphatic carbocycles. The Morgan fingerprint density at radius 1 is 1.06 bits per heavy atom. The lowest BCUT2D eigenvalue weighted by Crippen LogP contribution is -2.46. The van der Waals surface area contributed by atoms with Gasteiger partial charge in [0, 0.05) is 70.1 Å². The van der Waals surface area contributed by atoms with Gasteiger partial charge < -0.3 is 29.9 Å². The van der Waals surface area contributed by atoms with E-state index in [1.54, 1.807) is 25.4 Å². The van der Waals surface area contributed by atoms with Crippen LogP contribution in [0.4, 0.5) is 38.9 Å². The molecule has 2 aromatic carbocycles. The molecule has 254 valence electrons. The summed E-state index contributed by atoms with van der Waals surface area (Å²) in [5.41, 5.74) is 2.77. The van der Waals surface area contributed by atoms with Gasteiger partial charge in [0.1, 0.15) is 23.1 Å². The van der Waals surface area contributed by atoms with E-state index in [-0.39, 0.29) is 11.8 Å². The lowest BCUT2D eigenvalue weighted by Gasteiger charge is -2.39. The number of piperidine rings is 1. The Balaban J connectivity index is 1.19. The molecule has 3 aromatic rings. The number of nitrogens with zero attached hydrogens (tertiary/aromatic N) is 6.